The van der Waals surface area contributed by atoms with Crippen LogP contribution in [0.1, 0.15) is 18.5 Å². The van der Waals surface area contributed by atoms with E-state index in [2.05, 4.69) is 4.72 Å². The van der Waals surface area contributed by atoms with Crippen LogP contribution in [-0.2, 0) is 14.5 Å². The molecular formula is C10H13NO3S. The zero-order chi connectivity index (χ0) is 10.9. The molecule has 1 aromatic rings. The van der Waals surface area contributed by atoms with E-state index in [1.807, 2.05) is 37.3 Å². The summed E-state index contributed by atoms with van der Waals surface area (Å²) in [5.41, 5.74) is 0.969. The first-order chi connectivity index (χ1) is 7.08. The van der Waals surface area contributed by atoms with Crippen molar-refractivity contribution in [3.05, 3.63) is 35.9 Å². The third kappa shape index (κ3) is 2.37. The maximum atomic E-state index is 11.2. The summed E-state index contributed by atoms with van der Waals surface area (Å²) in [7, 11) is -3.56. The predicted molar refractivity (Wildman–Crippen MR) is 56.4 cm³/mol. The number of rotatable bonds is 1. The van der Waals surface area contributed by atoms with Gasteiger partial charge in [-0.1, -0.05) is 37.3 Å². The lowest BCUT2D eigenvalue weighted by atomic mass is 9.96. The Morgan fingerprint density at radius 2 is 2.00 bits per heavy atom. The Balaban J connectivity index is 2.28. The minimum atomic E-state index is -3.56. The highest BCUT2D eigenvalue weighted by molar-refractivity contribution is 7.84. The summed E-state index contributed by atoms with van der Waals surface area (Å²) >= 11 is 0. The van der Waals surface area contributed by atoms with Gasteiger partial charge in [-0.05, 0) is 5.56 Å². The summed E-state index contributed by atoms with van der Waals surface area (Å²) in [6, 6.07) is 9.33. The Morgan fingerprint density at radius 3 is 2.67 bits per heavy atom. The molecule has 4 nitrogen and oxygen atoms in total. The van der Waals surface area contributed by atoms with E-state index in [-0.39, 0.29) is 18.6 Å². The first-order valence-corrected chi connectivity index (χ1v) is 6.21. The largest absolute Gasteiger partial charge is 0.336 e. The molecule has 1 heterocycles. The average Bonchev–Trinajstić information content (AvgIpc) is 2.23. The molecule has 15 heavy (non-hydrogen) atoms. The third-order valence-electron chi connectivity index (χ3n) is 2.49. The van der Waals surface area contributed by atoms with Crippen molar-refractivity contribution in [3.8, 4) is 0 Å². The molecule has 0 saturated carbocycles. The Labute approximate surface area is 89.5 Å². The Hall–Kier alpha value is -0.910. The maximum Gasteiger partial charge on any atom is 0.336 e. The summed E-state index contributed by atoms with van der Waals surface area (Å²) < 4.78 is 29.7. The highest BCUT2D eigenvalue weighted by Crippen LogP contribution is 2.26. The van der Waals surface area contributed by atoms with Crippen molar-refractivity contribution >= 4 is 10.3 Å². The number of nitrogens with one attached hydrogen (secondary N) is 1. The van der Waals surface area contributed by atoms with E-state index in [9.17, 15) is 8.42 Å². The molecule has 1 saturated heterocycles. The average molecular weight is 227 g/mol. The minimum absolute atomic E-state index is 0.135. The van der Waals surface area contributed by atoms with Crippen LogP contribution >= 0.6 is 0 Å². The molecule has 1 aliphatic heterocycles. The lowest BCUT2D eigenvalue weighted by Crippen LogP contribution is -2.41. The topological polar surface area (TPSA) is 55.4 Å². The summed E-state index contributed by atoms with van der Waals surface area (Å²) in [5, 5.41) is 0. The van der Waals surface area contributed by atoms with Gasteiger partial charge in [0.15, 0.2) is 0 Å². The van der Waals surface area contributed by atoms with Crippen LogP contribution in [0, 0.1) is 5.92 Å². The van der Waals surface area contributed by atoms with Crippen LogP contribution in [0.5, 0.6) is 0 Å². The van der Waals surface area contributed by atoms with Gasteiger partial charge in [0.25, 0.3) is 0 Å². The maximum absolute atomic E-state index is 11.2. The van der Waals surface area contributed by atoms with Gasteiger partial charge in [0, 0.05) is 5.92 Å². The molecule has 1 N–H and O–H groups in total. The van der Waals surface area contributed by atoms with E-state index in [1.54, 1.807) is 0 Å². The molecule has 0 radical (unpaired) electrons. The number of hydrogen-bond donors (Lipinski definition) is 1. The van der Waals surface area contributed by atoms with E-state index >= 15 is 0 Å². The standard InChI is InChI=1S/C10H13NO3S/c1-8-7-14-15(12,13)11-10(8)9-5-3-2-4-6-9/h2-6,8,10-11H,7H2,1H3/t8-,10-/m0/s1. The third-order valence-corrected chi connectivity index (χ3v) is 3.47. The molecule has 0 spiro atoms. The van der Waals surface area contributed by atoms with Crippen molar-refractivity contribution in [1.82, 2.24) is 4.72 Å². The quantitative estimate of drug-likeness (QED) is 0.785. The van der Waals surface area contributed by atoms with E-state index in [1.165, 1.54) is 0 Å². The summed E-state index contributed by atoms with van der Waals surface area (Å²) in [5.74, 6) is 0.135. The SMILES string of the molecule is C[C@H]1COS(=O)(=O)N[C@@H]1c1ccccc1. The van der Waals surface area contributed by atoms with Crippen molar-refractivity contribution in [1.29, 1.82) is 0 Å². The summed E-state index contributed by atoms with van der Waals surface area (Å²) in [6.45, 7) is 2.19. The Kier molecular flexibility index (Phi) is 2.77. The van der Waals surface area contributed by atoms with Crippen molar-refractivity contribution in [2.45, 2.75) is 13.0 Å². The molecule has 0 bridgehead atoms. The fraction of sp³-hybridized carbons (Fsp3) is 0.400. The monoisotopic (exact) mass is 227 g/mol. The van der Waals surface area contributed by atoms with Crippen molar-refractivity contribution in [2.75, 3.05) is 6.61 Å². The summed E-state index contributed by atoms with van der Waals surface area (Å²) in [6.07, 6.45) is 0. The van der Waals surface area contributed by atoms with E-state index in [4.69, 9.17) is 4.18 Å². The van der Waals surface area contributed by atoms with Gasteiger partial charge in [0.2, 0.25) is 0 Å². The lowest BCUT2D eigenvalue weighted by Gasteiger charge is -2.29. The molecule has 1 aromatic carbocycles. The molecule has 2 atom stereocenters. The minimum Gasteiger partial charge on any atom is -0.258 e. The number of hydrogen-bond acceptors (Lipinski definition) is 3. The van der Waals surface area contributed by atoms with Gasteiger partial charge < -0.3 is 0 Å². The van der Waals surface area contributed by atoms with Gasteiger partial charge in [0.1, 0.15) is 0 Å². The second-order valence-electron chi connectivity index (χ2n) is 3.72. The lowest BCUT2D eigenvalue weighted by molar-refractivity contribution is 0.197. The smallest absolute Gasteiger partial charge is 0.258 e. The molecular weight excluding hydrogens is 214 g/mol. The molecule has 2 rings (SSSR count). The van der Waals surface area contributed by atoms with Crippen LogP contribution in [0.4, 0.5) is 0 Å². The van der Waals surface area contributed by atoms with E-state index < -0.39 is 10.3 Å². The van der Waals surface area contributed by atoms with Gasteiger partial charge in [-0.15, -0.1) is 0 Å². The van der Waals surface area contributed by atoms with Gasteiger partial charge in [-0.25, -0.2) is 0 Å². The van der Waals surface area contributed by atoms with Crippen LogP contribution in [0.25, 0.3) is 0 Å². The first kappa shape index (κ1) is 10.6. The van der Waals surface area contributed by atoms with Crippen LogP contribution in [-0.4, -0.2) is 15.0 Å². The van der Waals surface area contributed by atoms with E-state index in [0.29, 0.717) is 0 Å². The van der Waals surface area contributed by atoms with Crippen molar-refractivity contribution in [3.63, 3.8) is 0 Å². The zero-order valence-electron chi connectivity index (χ0n) is 8.38. The molecule has 1 aliphatic rings. The number of benzene rings is 1. The molecule has 1 fully saturated rings. The van der Waals surface area contributed by atoms with Crippen molar-refractivity contribution < 1.29 is 12.6 Å². The van der Waals surface area contributed by atoms with Gasteiger partial charge in [-0.2, -0.15) is 13.1 Å². The van der Waals surface area contributed by atoms with Gasteiger partial charge in [0.05, 0.1) is 12.6 Å². The van der Waals surface area contributed by atoms with Crippen molar-refractivity contribution in [2.24, 2.45) is 5.92 Å². The second-order valence-corrected chi connectivity index (χ2v) is 5.10. The highest BCUT2D eigenvalue weighted by atomic mass is 32.2. The fourth-order valence-corrected chi connectivity index (χ4v) is 2.80. The van der Waals surface area contributed by atoms with Crippen LogP contribution < -0.4 is 4.72 Å². The predicted octanol–water partition coefficient (Wildman–Crippen LogP) is 1.23. The summed E-state index contributed by atoms with van der Waals surface area (Å²) in [4.78, 5) is 0. The molecule has 82 valence electrons. The molecule has 5 heteroatoms. The van der Waals surface area contributed by atoms with Crippen LogP contribution in [0.3, 0.4) is 0 Å². The molecule has 0 aliphatic carbocycles. The second kappa shape index (κ2) is 3.92. The Morgan fingerprint density at radius 1 is 1.33 bits per heavy atom. The van der Waals surface area contributed by atoms with Gasteiger partial charge in [-0.3, -0.25) is 4.18 Å². The molecule has 0 aromatic heterocycles. The zero-order valence-corrected chi connectivity index (χ0v) is 9.20. The first-order valence-electron chi connectivity index (χ1n) is 4.80. The molecule has 0 unspecified atom stereocenters. The Bertz CT molecular complexity index is 429. The fourth-order valence-electron chi connectivity index (χ4n) is 1.66. The van der Waals surface area contributed by atoms with Gasteiger partial charge >= 0.3 is 10.3 Å². The normalized spacial score (nSPS) is 29.9. The highest BCUT2D eigenvalue weighted by Gasteiger charge is 2.31. The molecule has 0 amide bonds. The van der Waals surface area contributed by atoms with E-state index in [0.717, 1.165) is 5.56 Å². The van der Waals surface area contributed by atoms with Crippen LogP contribution in [0.15, 0.2) is 30.3 Å². The van der Waals surface area contributed by atoms with Crippen LogP contribution in [0.2, 0.25) is 0 Å².